The Labute approximate surface area is 242 Å². The Kier molecular flexibility index (Phi) is 10.8. The molecule has 5 nitrogen and oxygen atoms in total. The van der Waals surface area contributed by atoms with Crippen LogP contribution in [0.5, 0.6) is 5.75 Å². The molecule has 0 aliphatic carbocycles. The van der Waals surface area contributed by atoms with Crippen molar-refractivity contribution in [2.24, 2.45) is 0 Å². The number of nitrogens with zero attached hydrogens (tertiary/aromatic N) is 1. The highest BCUT2D eigenvalue weighted by atomic mass is 35.5. The van der Waals surface area contributed by atoms with E-state index in [0.717, 1.165) is 12.0 Å². The number of hydrogen-bond acceptors (Lipinski definition) is 3. The van der Waals surface area contributed by atoms with E-state index in [-0.39, 0.29) is 36.4 Å². The maximum atomic E-state index is 13.8. The molecule has 0 spiro atoms. The molecule has 0 saturated carbocycles. The van der Waals surface area contributed by atoms with Crippen molar-refractivity contribution in [1.29, 1.82) is 0 Å². The molecule has 0 bridgehead atoms. The highest BCUT2D eigenvalue weighted by Crippen LogP contribution is 2.26. The van der Waals surface area contributed by atoms with E-state index in [1.54, 1.807) is 23.1 Å². The minimum atomic E-state index is -0.771. The van der Waals surface area contributed by atoms with Crippen LogP contribution in [0.1, 0.15) is 57.7 Å². The van der Waals surface area contributed by atoms with Crippen molar-refractivity contribution in [2.75, 3.05) is 6.61 Å². The zero-order valence-corrected chi connectivity index (χ0v) is 24.9. The first-order chi connectivity index (χ1) is 18.5. The molecule has 3 rings (SSSR count). The number of hydrogen-bond donors (Lipinski definition) is 1. The molecule has 39 heavy (non-hydrogen) atoms. The number of halogens is 2. The molecule has 0 aromatic heterocycles. The summed E-state index contributed by atoms with van der Waals surface area (Å²) >= 11 is 12.6. The summed E-state index contributed by atoms with van der Waals surface area (Å²) in [5.41, 5.74) is 2.82. The normalized spacial score (nSPS) is 12.9. The first-order valence-electron chi connectivity index (χ1n) is 13.3. The van der Waals surface area contributed by atoms with Gasteiger partial charge >= 0.3 is 0 Å². The Morgan fingerprint density at radius 1 is 0.974 bits per heavy atom. The molecule has 0 saturated heterocycles. The van der Waals surface area contributed by atoms with Crippen molar-refractivity contribution < 1.29 is 14.3 Å². The third-order valence-electron chi connectivity index (χ3n) is 6.71. The van der Waals surface area contributed by atoms with Gasteiger partial charge in [-0.1, -0.05) is 99.4 Å². The molecular weight excluding hydrogens is 531 g/mol. The van der Waals surface area contributed by atoms with Crippen LogP contribution in [0.15, 0.2) is 72.8 Å². The molecule has 0 unspecified atom stereocenters. The molecule has 0 fully saturated rings. The van der Waals surface area contributed by atoms with Crippen LogP contribution < -0.4 is 10.1 Å². The summed E-state index contributed by atoms with van der Waals surface area (Å²) in [6.45, 7) is 10.3. The molecule has 3 aromatic carbocycles. The van der Waals surface area contributed by atoms with E-state index in [1.807, 2.05) is 68.4 Å². The van der Waals surface area contributed by atoms with Crippen LogP contribution in [0.3, 0.4) is 0 Å². The van der Waals surface area contributed by atoms with Gasteiger partial charge in [-0.05, 0) is 59.7 Å². The van der Waals surface area contributed by atoms with Crippen molar-refractivity contribution in [3.63, 3.8) is 0 Å². The van der Waals surface area contributed by atoms with Gasteiger partial charge in [-0.3, -0.25) is 9.59 Å². The molecule has 208 valence electrons. The molecule has 2 amide bonds. The summed E-state index contributed by atoms with van der Waals surface area (Å²) in [6.07, 6.45) is 1.12. The molecule has 1 N–H and O–H groups in total. The Morgan fingerprint density at radius 2 is 1.64 bits per heavy atom. The Bertz CT molecular complexity index is 1240. The summed E-state index contributed by atoms with van der Waals surface area (Å²) in [7, 11) is 0. The Morgan fingerprint density at radius 3 is 2.23 bits per heavy atom. The average molecular weight is 570 g/mol. The van der Waals surface area contributed by atoms with Gasteiger partial charge in [-0.15, -0.1) is 0 Å². The number of ether oxygens (including phenoxy) is 1. The van der Waals surface area contributed by atoms with Crippen LogP contribution in [0.2, 0.25) is 10.0 Å². The van der Waals surface area contributed by atoms with Crippen molar-refractivity contribution in [2.45, 2.75) is 71.5 Å². The van der Waals surface area contributed by atoms with Crippen LogP contribution >= 0.6 is 23.2 Å². The number of nitrogens with one attached hydrogen (secondary N) is 1. The maximum Gasteiger partial charge on any atom is 0.261 e. The van der Waals surface area contributed by atoms with Gasteiger partial charge in [0.25, 0.3) is 5.91 Å². The minimum Gasteiger partial charge on any atom is -0.484 e. The third-order valence-corrected chi connectivity index (χ3v) is 7.30. The lowest BCUT2D eigenvalue weighted by Gasteiger charge is -2.32. The van der Waals surface area contributed by atoms with Gasteiger partial charge in [-0.25, -0.2) is 0 Å². The highest BCUT2D eigenvalue weighted by molar-refractivity contribution is 6.35. The first-order valence-corrected chi connectivity index (χ1v) is 14.0. The molecule has 0 radical (unpaired) electrons. The van der Waals surface area contributed by atoms with Gasteiger partial charge in [0.15, 0.2) is 6.61 Å². The SMILES string of the molecule is CC[C@H](C)NC(=O)[C@@H](Cc1ccccc1)N(Cc1ccc(Cl)cc1Cl)C(=O)COc1ccc(C(C)(C)C)cc1. The second kappa shape index (κ2) is 13.9. The van der Waals surface area contributed by atoms with Crippen LogP contribution in [0.25, 0.3) is 0 Å². The van der Waals surface area contributed by atoms with Crippen LogP contribution in [-0.4, -0.2) is 35.4 Å². The van der Waals surface area contributed by atoms with E-state index in [0.29, 0.717) is 27.8 Å². The van der Waals surface area contributed by atoms with Gasteiger partial charge < -0.3 is 15.0 Å². The number of carbonyl (C=O) groups is 2. The van der Waals surface area contributed by atoms with Crippen molar-refractivity contribution in [3.05, 3.63) is 99.5 Å². The first kappa shape index (κ1) is 30.5. The fraction of sp³-hybridized carbons (Fsp3) is 0.375. The van der Waals surface area contributed by atoms with Gasteiger partial charge in [0, 0.05) is 29.1 Å². The van der Waals surface area contributed by atoms with Crippen LogP contribution in [0, 0.1) is 0 Å². The number of rotatable bonds is 11. The summed E-state index contributed by atoms with van der Waals surface area (Å²) in [5.74, 6) is 0.0480. The van der Waals surface area contributed by atoms with Gasteiger partial charge in [-0.2, -0.15) is 0 Å². The highest BCUT2D eigenvalue weighted by Gasteiger charge is 2.31. The molecule has 0 aliphatic rings. The zero-order chi connectivity index (χ0) is 28.6. The Hall–Kier alpha value is -3.02. The summed E-state index contributed by atoms with van der Waals surface area (Å²) in [6, 6.07) is 21.8. The standard InChI is InChI=1S/C32H38Cl2N2O3/c1-6-22(2)35-31(38)29(18-23-10-8-7-9-11-23)36(20-24-12-15-26(33)19-28(24)34)30(37)21-39-27-16-13-25(14-17-27)32(3,4)5/h7-17,19,22,29H,6,18,20-21H2,1-5H3,(H,35,38)/t22-,29+/m0/s1. The number of benzene rings is 3. The topological polar surface area (TPSA) is 58.6 Å². The minimum absolute atomic E-state index is 0.0106. The van der Waals surface area contributed by atoms with E-state index in [1.165, 1.54) is 5.56 Å². The molecule has 0 heterocycles. The second-order valence-corrected chi connectivity index (χ2v) is 11.7. The predicted molar refractivity (Wildman–Crippen MR) is 159 cm³/mol. The van der Waals surface area contributed by atoms with Crippen molar-refractivity contribution in [1.82, 2.24) is 10.2 Å². The van der Waals surface area contributed by atoms with Gasteiger partial charge in [0.2, 0.25) is 5.91 Å². The summed E-state index contributed by atoms with van der Waals surface area (Å²) in [4.78, 5) is 28.9. The summed E-state index contributed by atoms with van der Waals surface area (Å²) in [5, 5.41) is 3.99. The van der Waals surface area contributed by atoms with Crippen LogP contribution in [0.4, 0.5) is 0 Å². The average Bonchev–Trinajstić information content (AvgIpc) is 2.90. The molecule has 7 heteroatoms. The molecule has 0 aliphatic heterocycles. The zero-order valence-electron chi connectivity index (χ0n) is 23.3. The maximum absolute atomic E-state index is 13.8. The lowest BCUT2D eigenvalue weighted by Crippen LogP contribution is -2.53. The molecule has 2 atom stereocenters. The van der Waals surface area contributed by atoms with E-state index in [2.05, 4.69) is 26.1 Å². The number of amides is 2. The second-order valence-electron chi connectivity index (χ2n) is 10.8. The Balaban J connectivity index is 1.92. The lowest BCUT2D eigenvalue weighted by molar-refractivity contribution is -0.143. The van der Waals surface area contributed by atoms with Crippen molar-refractivity contribution >= 4 is 35.0 Å². The van der Waals surface area contributed by atoms with E-state index in [4.69, 9.17) is 27.9 Å². The fourth-order valence-electron chi connectivity index (χ4n) is 4.11. The lowest BCUT2D eigenvalue weighted by atomic mass is 9.87. The van der Waals surface area contributed by atoms with Crippen LogP contribution in [-0.2, 0) is 28.0 Å². The predicted octanol–water partition coefficient (Wildman–Crippen LogP) is 7.22. The van der Waals surface area contributed by atoms with Gasteiger partial charge in [0.05, 0.1) is 0 Å². The number of carbonyl (C=O) groups excluding carboxylic acids is 2. The fourth-order valence-corrected chi connectivity index (χ4v) is 4.58. The quantitative estimate of drug-likeness (QED) is 0.265. The monoisotopic (exact) mass is 568 g/mol. The van der Waals surface area contributed by atoms with Gasteiger partial charge in [0.1, 0.15) is 11.8 Å². The van der Waals surface area contributed by atoms with E-state index >= 15 is 0 Å². The van der Waals surface area contributed by atoms with Crippen molar-refractivity contribution in [3.8, 4) is 5.75 Å². The smallest absolute Gasteiger partial charge is 0.261 e. The molecule has 3 aromatic rings. The summed E-state index contributed by atoms with van der Waals surface area (Å²) < 4.78 is 5.91. The largest absolute Gasteiger partial charge is 0.484 e. The third kappa shape index (κ3) is 9.01. The van der Waals surface area contributed by atoms with E-state index in [9.17, 15) is 9.59 Å². The van der Waals surface area contributed by atoms with E-state index < -0.39 is 6.04 Å². The molecular formula is C32H38Cl2N2O3.